The molecule has 7 nitrogen and oxygen atoms in total. The van der Waals surface area contributed by atoms with E-state index in [0.29, 0.717) is 13.0 Å². The molecule has 0 aromatic rings. The van der Waals surface area contributed by atoms with Gasteiger partial charge in [-0.05, 0) is 39.6 Å². The van der Waals surface area contributed by atoms with E-state index in [4.69, 9.17) is 4.74 Å². The Labute approximate surface area is 157 Å². The van der Waals surface area contributed by atoms with Crippen LogP contribution in [0.4, 0.5) is 0 Å². The number of rotatable bonds is 5. The van der Waals surface area contributed by atoms with Gasteiger partial charge < -0.3 is 19.9 Å². The molecule has 7 heteroatoms. The minimum Gasteiger partial charge on any atom is -0.461 e. The van der Waals surface area contributed by atoms with E-state index < -0.39 is 0 Å². The zero-order valence-electron chi connectivity index (χ0n) is 16.2. The van der Waals surface area contributed by atoms with Gasteiger partial charge in [0.25, 0.3) is 0 Å². The fourth-order valence-corrected chi connectivity index (χ4v) is 2.15. The molecule has 2 fully saturated rings. The molecule has 2 aliphatic rings. The highest BCUT2D eigenvalue weighted by Gasteiger charge is 2.16. The van der Waals surface area contributed by atoms with Crippen LogP contribution >= 0.6 is 0 Å². The van der Waals surface area contributed by atoms with Gasteiger partial charge in [-0.2, -0.15) is 0 Å². The van der Waals surface area contributed by atoms with E-state index >= 15 is 0 Å². The van der Waals surface area contributed by atoms with Crippen molar-refractivity contribution in [2.24, 2.45) is 0 Å². The van der Waals surface area contributed by atoms with E-state index in [2.05, 4.69) is 18.5 Å². The van der Waals surface area contributed by atoms with Crippen LogP contribution in [-0.4, -0.2) is 67.9 Å². The van der Waals surface area contributed by atoms with E-state index in [1.807, 2.05) is 19.0 Å². The second-order valence-corrected chi connectivity index (χ2v) is 6.21. The van der Waals surface area contributed by atoms with Crippen LogP contribution in [0.1, 0.15) is 38.5 Å². The Morgan fingerprint density at radius 2 is 1.92 bits per heavy atom. The zero-order chi connectivity index (χ0) is 19.8. The van der Waals surface area contributed by atoms with Crippen molar-refractivity contribution in [3.63, 3.8) is 0 Å². The third-order valence-corrected chi connectivity index (χ3v) is 3.68. The van der Waals surface area contributed by atoms with Crippen molar-refractivity contribution < 1.29 is 19.1 Å². The van der Waals surface area contributed by atoms with E-state index in [1.54, 1.807) is 11.1 Å². The molecule has 2 heterocycles. The van der Waals surface area contributed by atoms with E-state index in [1.165, 1.54) is 6.42 Å². The minimum atomic E-state index is -0.359. The lowest BCUT2D eigenvalue weighted by Crippen LogP contribution is -2.21. The maximum absolute atomic E-state index is 10.7. The molecule has 148 valence electrons. The van der Waals surface area contributed by atoms with Crippen molar-refractivity contribution in [3.05, 3.63) is 25.4 Å². The lowest BCUT2D eigenvalue weighted by Gasteiger charge is -2.07. The van der Waals surface area contributed by atoms with Crippen LogP contribution < -0.4 is 5.32 Å². The normalized spacial score (nSPS) is 16.3. The van der Waals surface area contributed by atoms with Gasteiger partial charge in [-0.1, -0.05) is 19.6 Å². The summed E-state index contributed by atoms with van der Waals surface area (Å²) in [6.07, 6.45) is 8.62. The molecule has 0 bridgehead atoms. The molecular weight excluding hydrogens is 334 g/mol. The first-order valence-electron chi connectivity index (χ1n) is 9.03. The average molecular weight is 367 g/mol. The molecule has 2 rings (SSSR count). The quantitative estimate of drug-likeness (QED) is 0.591. The van der Waals surface area contributed by atoms with E-state index in [-0.39, 0.29) is 17.8 Å². The smallest absolute Gasteiger partial charge is 0.330 e. The highest BCUT2D eigenvalue weighted by Crippen LogP contribution is 2.08. The van der Waals surface area contributed by atoms with Gasteiger partial charge in [0.1, 0.15) is 6.61 Å². The fraction of sp³-hybridized carbons (Fsp3) is 0.632. The van der Waals surface area contributed by atoms with Gasteiger partial charge >= 0.3 is 5.97 Å². The molecule has 0 radical (unpaired) electrons. The molecule has 0 saturated carbocycles. The van der Waals surface area contributed by atoms with Crippen LogP contribution in [0.25, 0.3) is 0 Å². The number of carbonyl (C=O) groups excluding carboxylic acids is 3. The summed E-state index contributed by atoms with van der Waals surface area (Å²) in [5.41, 5.74) is 0. The molecule has 2 amide bonds. The molecule has 1 N–H and O–H groups in total. The van der Waals surface area contributed by atoms with Crippen molar-refractivity contribution in [3.8, 4) is 0 Å². The molecule has 0 aromatic heterocycles. The van der Waals surface area contributed by atoms with Crippen LogP contribution in [0.3, 0.4) is 0 Å². The summed E-state index contributed by atoms with van der Waals surface area (Å²) in [6, 6.07) is 0. The molecule has 2 aliphatic heterocycles. The second-order valence-electron chi connectivity index (χ2n) is 6.21. The topological polar surface area (TPSA) is 79.0 Å². The summed E-state index contributed by atoms with van der Waals surface area (Å²) in [7, 11) is 3.84. The predicted molar refractivity (Wildman–Crippen MR) is 102 cm³/mol. The number of ether oxygens (including phenoxy) is 1. The van der Waals surface area contributed by atoms with Gasteiger partial charge in [-0.25, -0.2) is 4.79 Å². The molecule has 2 saturated heterocycles. The number of likely N-dealkylation sites (tertiary alicyclic amines) is 1. The molecule has 0 spiro atoms. The number of likely N-dealkylation sites (N-methyl/N-ethyl adjacent to an activating group) is 1. The highest BCUT2D eigenvalue weighted by atomic mass is 16.5. The van der Waals surface area contributed by atoms with Gasteiger partial charge in [-0.15, -0.1) is 0 Å². The first-order chi connectivity index (χ1) is 12.4. The summed E-state index contributed by atoms with van der Waals surface area (Å²) >= 11 is 0. The van der Waals surface area contributed by atoms with Crippen molar-refractivity contribution in [1.29, 1.82) is 0 Å². The summed E-state index contributed by atoms with van der Waals surface area (Å²) in [5.74, 6) is 0.0735. The van der Waals surface area contributed by atoms with Crippen LogP contribution in [0.2, 0.25) is 0 Å². The van der Waals surface area contributed by atoms with Crippen LogP contribution in [0.5, 0.6) is 0 Å². The molecule has 0 atom stereocenters. The number of hydrogen-bond donors (Lipinski definition) is 1. The molecule has 0 unspecified atom stereocenters. The largest absolute Gasteiger partial charge is 0.461 e. The fourth-order valence-electron chi connectivity index (χ4n) is 2.15. The van der Waals surface area contributed by atoms with Crippen molar-refractivity contribution in [1.82, 2.24) is 15.1 Å². The maximum atomic E-state index is 10.7. The summed E-state index contributed by atoms with van der Waals surface area (Å²) in [4.78, 5) is 35.3. The maximum Gasteiger partial charge on any atom is 0.330 e. The molecule has 0 aliphatic carbocycles. The Hall–Kier alpha value is -2.15. The number of esters is 1. The number of nitrogens with one attached hydrogen (secondary N) is 1. The van der Waals surface area contributed by atoms with Crippen molar-refractivity contribution >= 4 is 17.8 Å². The third kappa shape index (κ3) is 13.2. The Morgan fingerprint density at radius 3 is 2.42 bits per heavy atom. The SMILES string of the molecule is C=CC(=O)OCCN(C)C.C=CN1CCCC1=O.O=C1CCCCCN1. The number of nitrogens with zero attached hydrogens (tertiary/aromatic N) is 2. The van der Waals surface area contributed by atoms with Crippen LogP contribution in [0.15, 0.2) is 25.4 Å². The van der Waals surface area contributed by atoms with Crippen LogP contribution in [-0.2, 0) is 19.1 Å². The van der Waals surface area contributed by atoms with Gasteiger partial charge in [0.15, 0.2) is 0 Å². The second kappa shape index (κ2) is 15.1. The van der Waals surface area contributed by atoms with Gasteiger partial charge in [0.2, 0.25) is 11.8 Å². The lowest BCUT2D eigenvalue weighted by molar-refractivity contribution is -0.138. The Kier molecular flexibility index (Phi) is 13.9. The standard InChI is InChI=1S/C7H13NO2.C6H9NO.C6H11NO/c1-4-7(9)10-6-5-8(2)3;1-2-7-5-3-4-6(7)8;8-6-4-2-1-3-5-7-6/h4H,1,5-6H2,2-3H3;2H,1,3-5H2;1-5H2,(H,7,8). The minimum absolute atomic E-state index is 0.208. The summed E-state index contributed by atoms with van der Waals surface area (Å²) in [5, 5.41) is 2.81. The van der Waals surface area contributed by atoms with Crippen molar-refractivity contribution in [2.75, 3.05) is 40.3 Å². The van der Waals surface area contributed by atoms with E-state index in [0.717, 1.165) is 51.4 Å². The molecular formula is C19H33N3O4. The number of amides is 2. The monoisotopic (exact) mass is 367 g/mol. The zero-order valence-corrected chi connectivity index (χ0v) is 16.2. The van der Waals surface area contributed by atoms with Gasteiger partial charge in [-0.3, -0.25) is 9.59 Å². The average Bonchev–Trinajstić information content (AvgIpc) is 2.88. The first kappa shape index (κ1) is 23.9. The Bertz CT molecular complexity index is 454. The van der Waals surface area contributed by atoms with E-state index in [9.17, 15) is 14.4 Å². The lowest BCUT2D eigenvalue weighted by atomic mass is 10.2. The summed E-state index contributed by atoms with van der Waals surface area (Å²) in [6.45, 7) is 9.70. The van der Waals surface area contributed by atoms with Gasteiger partial charge in [0, 0.05) is 38.6 Å². The molecule has 0 aromatic carbocycles. The Balaban J connectivity index is 0.000000363. The van der Waals surface area contributed by atoms with Crippen LogP contribution in [0, 0.1) is 0 Å². The third-order valence-electron chi connectivity index (χ3n) is 3.68. The van der Waals surface area contributed by atoms with Crippen molar-refractivity contribution in [2.45, 2.75) is 38.5 Å². The number of hydrogen-bond acceptors (Lipinski definition) is 5. The summed E-state index contributed by atoms with van der Waals surface area (Å²) < 4.78 is 4.70. The highest BCUT2D eigenvalue weighted by molar-refractivity contribution is 5.81. The van der Waals surface area contributed by atoms with Gasteiger partial charge in [0.05, 0.1) is 0 Å². The molecule has 26 heavy (non-hydrogen) atoms. The number of carbonyl (C=O) groups is 3. The predicted octanol–water partition coefficient (Wildman–Crippen LogP) is 1.71. The Morgan fingerprint density at radius 1 is 1.19 bits per heavy atom. The first-order valence-corrected chi connectivity index (χ1v) is 9.03.